The Kier molecular flexibility index (Phi) is 2.10. The average molecular weight is 173 g/mol. The van der Waals surface area contributed by atoms with E-state index in [-0.39, 0.29) is 6.04 Å². The van der Waals surface area contributed by atoms with Crippen LogP contribution in [0.2, 0.25) is 0 Å². The Morgan fingerprint density at radius 2 is 2.00 bits per heavy atom. The zero-order valence-electron chi connectivity index (χ0n) is 7.14. The molecule has 1 atom stereocenters. The van der Waals surface area contributed by atoms with Gasteiger partial charge < -0.3 is 10.7 Å². The number of hydrogen-bond donors (Lipinski definition) is 2. The molecule has 0 amide bonds. The summed E-state index contributed by atoms with van der Waals surface area (Å²) < 4.78 is 0. The third kappa shape index (κ3) is 1.60. The zero-order valence-corrected chi connectivity index (χ0v) is 7.14. The molecular formula is C10H11N3. The van der Waals surface area contributed by atoms with Gasteiger partial charge in [0.05, 0.1) is 6.04 Å². The van der Waals surface area contributed by atoms with Gasteiger partial charge in [0.1, 0.15) is 5.82 Å². The maximum absolute atomic E-state index is 5.97. The molecule has 0 saturated heterocycles. The van der Waals surface area contributed by atoms with Crippen LogP contribution in [0.3, 0.4) is 0 Å². The van der Waals surface area contributed by atoms with Crippen LogP contribution < -0.4 is 5.73 Å². The Balaban J connectivity index is 2.29. The highest BCUT2D eigenvalue weighted by molar-refractivity contribution is 5.23. The Labute approximate surface area is 76.6 Å². The monoisotopic (exact) mass is 173 g/mol. The van der Waals surface area contributed by atoms with Crippen LogP contribution in [0.5, 0.6) is 0 Å². The quantitative estimate of drug-likeness (QED) is 0.722. The first-order valence-corrected chi connectivity index (χ1v) is 4.18. The molecule has 3 heteroatoms. The predicted molar refractivity (Wildman–Crippen MR) is 51.1 cm³/mol. The fourth-order valence-electron chi connectivity index (χ4n) is 1.27. The summed E-state index contributed by atoms with van der Waals surface area (Å²) >= 11 is 0. The molecule has 0 spiro atoms. The summed E-state index contributed by atoms with van der Waals surface area (Å²) in [4.78, 5) is 7.11. The van der Waals surface area contributed by atoms with Crippen molar-refractivity contribution >= 4 is 0 Å². The van der Waals surface area contributed by atoms with Gasteiger partial charge in [0.15, 0.2) is 0 Å². The first-order valence-electron chi connectivity index (χ1n) is 4.18. The molecule has 2 rings (SSSR count). The van der Waals surface area contributed by atoms with E-state index in [9.17, 15) is 0 Å². The van der Waals surface area contributed by atoms with E-state index in [4.69, 9.17) is 5.73 Å². The van der Waals surface area contributed by atoms with E-state index < -0.39 is 0 Å². The van der Waals surface area contributed by atoms with Gasteiger partial charge in [-0.05, 0) is 5.56 Å². The number of rotatable bonds is 2. The Morgan fingerprint density at radius 3 is 2.62 bits per heavy atom. The van der Waals surface area contributed by atoms with Gasteiger partial charge >= 0.3 is 0 Å². The lowest BCUT2D eigenvalue weighted by molar-refractivity contribution is 0.801. The molecule has 1 aromatic carbocycles. The van der Waals surface area contributed by atoms with Gasteiger partial charge in [-0.15, -0.1) is 0 Å². The summed E-state index contributed by atoms with van der Waals surface area (Å²) in [5, 5.41) is 0. The molecule has 3 N–H and O–H groups in total. The minimum atomic E-state index is -0.156. The van der Waals surface area contributed by atoms with E-state index in [0.29, 0.717) is 0 Å². The molecular weight excluding hydrogens is 162 g/mol. The van der Waals surface area contributed by atoms with E-state index in [1.54, 1.807) is 12.4 Å². The average Bonchev–Trinajstić information content (AvgIpc) is 2.71. The Morgan fingerprint density at radius 1 is 1.23 bits per heavy atom. The molecule has 0 fully saturated rings. The molecule has 0 saturated carbocycles. The molecule has 1 unspecified atom stereocenters. The van der Waals surface area contributed by atoms with Crippen molar-refractivity contribution in [3.63, 3.8) is 0 Å². The van der Waals surface area contributed by atoms with Crippen LogP contribution in [0, 0.1) is 0 Å². The van der Waals surface area contributed by atoms with Gasteiger partial charge in [-0.1, -0.05) is 30.3 Å². The van der Waals surface area contributed by atoms with Gasteiger partial charge in [-0.25, -0.2) is 4.98 Å². The number of nitrogens with one attached hydrogen (secondary N) is 1. The van der Waals surface area contributed by atoms with E-state index in [1.807, 2.05) is 30.3 Å². The molecule has 13 heavy (non-hydrogen) atoms. The van der Waals surface area contributed by atoms with Crippen molar-refractivity contribution in [2.45, 2.75) is 6.04 Å². The Bertz CT molecular complexity index is 353. The molecule has 0 aliphatic heterocycles. The second-order valence-electron chi connectivity index (χ2n) is 2.86. The summed E-state index contributed by atoms with van der Waals surface area (Å²) in [6, 6.07) is 9.74. The van der Waals surface area contributed by atoms with Gasteiger partial charge in [-0.3, -0.25) is 0 Å². The van der Waals surface area contributed by atoms with Crippen LogP contribution in [0.4, 0.5) is 0 Å². The van der Waals surface area contributed by atoms with Crippen molar-refractivity contribution in [3.8, 4) is 0 Å². The van der Waals surface area contributed by atoms with E-state index in [2.05, 4.69) is 9.97 Å². The zero-order chi connectivity index (χ0) is 9.10. The summed E-state index contributed by atoms with van der Waals surface area (Å²) in [7, 11) is 0. The van der Waals surface area contributed by atoms with Crippen molar-refractivity contribution in [1.82, 2.24) is 9.97 Å². The smallest absolute Gasteiger partial charge is 0.127 e. The number of benzene rings is 1. The van der Waals surface area contributed by atoms with Crippen molar-refractivity contribution in [2.75, 3.05) is 0 Å². The highest BCUT2D eigenvalue weighted by Crippen LogP contribution is 2.14. The molecule has 0 aliphatic rings. The lowest BCUT2D eigenvalue weighted by Crippen LogP contribution is -2.13. The fourth-order valence-corrected chi connectivity index (χ4v) is 1.27. The van der Waals surface area contributed by atoms with Crippen molar-refractivity contribution < 1.29 is 0 Å². The molecule has 3 nitrogen and oxygen atoms in total. The highest BCUT2D eigenvalue weighted by atomic mass is 14.9. The fraction of sp³-hybridized carbons (Fsp3) is 0.100. The number of aromatic nitrogens is 2. The Hall–Kier alpha value is -1.61. The lowest BCUT2D eigenvalue weighted by Gasteiger charge is -2.07. The molecule has 1 aromatic heterocycles. The van der Waals surface area contributed by atoms with Gasteiger partial charge in [0.25, 0.3) is 0 Å². The maximum atomic E-state index is 5.97. The summed E-state index contributed by atoms with van der Waals surface area (Å²) in [6.45, 7) is 0. The minimum absolute atomic E-state index is 0.156. The molecule has 0 radical (unpaired) electrons. The van der Waals surface area contributed by atoms with Gasteiger partial charge in [-0.2, -0.15) is 0 Å². The van der Waals surface area contributed by atoms with E-state index in [0.717, 1.165) is 11.4 Å². The third-order valence-electron chi connectivity index (χ3n) is 1.97. The predicted octanol–water partition coefficient (Wildman–Crippen LogP) is 1.46. The molecule has 66 valence electrons. The van der Waals surface area contributed by atoms with Crippen LogP contribution in [-0.2, 0) is 0 Å². The topological polar surface area (TPSA) is 54.7 Å². The maximum Gasteiger partial charge on any atom is 0.127 e. The van der Waals surface area contributed by atoms with Crippen LogP contribution in [0.1, 0.15) is 17.4 Å². The van der Waals surface area contributed by atoms with E-state index >= 15 is 0 Å². The van der Waals surface area contributed by atoms with Gasteiger partial charge in [0.2, 0.25) is 0 Å². The SMILES string of the molecule is NC(c1ccccc1)c1ncc[nH]1. The van der Waals surface area contributed by atoms with Crippen LogP contribution in [-0.4, -0.2) is 9.97 Å². The van der Waals surface area contributed by atoms with Crippen molar-refractivity contribution in [3.05, 3.63) is 54.1 Å². The summed E-state index contributed by atoms with van der Waals surface area (Å²) in [6.07, 6.45) is 3.48. The van der Waals surface area contributed by atoms with Crippen LogP contribution in [0.15, 0.2) is 42.7 Å². The number of hydrogen-bond acceptors (Lipinski definition) is 2. The molecule has 0 bridgehead atoms. The third-order valence-corrected chi connectivity index (χ3v) is 1.97. The second kappa shape index (κ2) is 3.41. The second-order valence-corrected chi connectivity index (χ2v) is 2.86. The molecule has 2 aromatic rings. The standard InChI is InChI=1S/C10H11N3/c11-9(10-12-6-7-13-10)8-4-2-1-3-5-8/h1-7,9H,11H2,(H,12,13). The van der Waals surface area contributed by atoms with Crippen LogP contribution >= 0.6 is 0 Å². The van der Waals surface area contributed by atoms with Crippen molar-refractivity contribution in [2.24, 2.45) is 5.73 Å². The first kappa shape index (κ1) is 8.01. The van der Waals surface area contributed by atoms with Gasteiger partial charge in [0, 0.05) is 12.4 Å². The number of H-pyrrole nitrogens is 1. The highest BCUT2D eigenvalue weighted by Gasteiger charge is 2.09. The summed E-state index contributed by atoms with van der Waals surface area (Å²) in [5.74, 6) is 0.797. The first-order chi connectivity index (χ1) is 6.38. The summed E-state index contributed by atoms with van der Waals surface area (Å²) in [5.41, 5.74) is 7.03. The lowest BCUT2D eigenvalue weighted by atomic mass is 10.1. The molecule has 0 aliphatic carbocycles. The number of imidazole rings is 1. The normalized spacial score (nSPS) is 12.7. The largest absolute Gasteiger partial charge is 0.347 e. The van der Waals surface area contributed by atoms with Crippen molar-refractivity contribution in [1.29, 1.82) is 0 Å². The number of aromatic amines is 1. The van der Waals surface area contributed by atoms with E-state index in [1.165, 1.54) is 0 Å². The minimum Gasteiger partial charge on any atom is -0.347 e. The molecule has 1 heterocycles. The van der Waals surface area contributed by atoms with Crippen LogP contribution in [0.25, 0.3) is 0 Å². The number of nitrogens with two attached hydrogens (primary N) is 1. The number of nitrogens with zero attached hydrogens (tertiary/aromatic N) is 1.